The number of thiocarbonyl (C=S) groups is 1. The normalized spacial score (nSPS) is 17.7. The Labute approximate surface area is 203 Å². The second kappa shape index (κ2) is 9.49. The lowest BCUT2D eigenvalue weighted by Crippen LogP contribution is -2.35. The third kappa shape index (κ3) is 4.45. The van der Waals surface area contributed by atoms with Crippen molar-refractivity contribution >= 4 is 63.0 Å². The van der Waals surface area contributed by atoms with Crippen molar-refractivity contribution in [3.8, 4) is 0 Å². The van der Waals surface area contributed by atoms with Crippen LogP contribution >= 0.6 is 24.0 Å². The molecule has 8 heteroatoms. The maximum Gasteiger partial charge on any atom is 0.267 e. The number of thioether (sulfide) groups is 1. The Hall–Kier alpha value is -2.97. The Morgan fingerprint density at radius 1 is 1.06 bits per heavy atom. The SMILES string of the molecule is CCCCN1C(=O)C(=C2C(=O)N(CC(=O)Nc3cc(C)ccc3C)c3ccccc32)SC1=S. The quantitative estimate of drug-likeness (QED) is 0.482. The Balaban J connectivity index is 1.63. The first-order valence-electron chi connectivity index (χ1n) is 10.9. The Morgan fingerprint density at radius 2 is 1.82 bits per heavy atom. The number of para-hydroxylation sites is 1. The molecule has 1 saturated heterocycles. The first-order valence-corrected chi connectivity index (χ1v) is 12.1. The number of hydrogen-bond acceptors (Lipinski definition) is 5. The molecule has 2 aromatic rings. The summed E-state index contributed by atoms with van der Waals surface area (Å²) in [6.07, 6.45) is 1.78. The molecule has 1 N–H and O–H groups in total. The number of rotatable bonds is 6. The lowest BCUT2D eigenvalue weighted by Gasteiger charge is -2.17. The fourth-order valence-corrected chi connectivity index (χ4v) is 5.30. The highest BCUT2D eigenvalue weighted by Crippen LogP contribution is 2.44. The van der Waals surface area contributed by atoms with Crippen LogP contribution in [0.25, 0.3) is 5.57 Å². The van der Waals surface area contributed by atoms with Crippen molar-refractivity contribution in [2.75, 3.05) is 23.3 Å². The summed E-state index contributed by atoms with van der Waals surface area (Å²) in [6, 6.07) is 13.1. The van der Waals surface area contributed by atoms with Crippen molar-refractivity contribution in [1.82, 2.24) is 4.90 Å². The molecule has 3 amide bonds. The number of hydrogen-bond donors (Lipinski definition) is 1. The average molecular weight is 480 g/mol. The smallest absolute Gasteiger partial charge is 0.267 e. The lowest BCUT2D eigenvalue weighted by molar-refractivity contribution is -0.122. The largest absolute Gasteiger partial charge is 0.324 e. The number of unbranched alkanes of at least 4 members (excludes halogenated alkanes) is 1. The molecule has 170 valence electrons. The summed E-state index contributed by atoms with van der Waals surface area (Å²) in [5, 5.41) is 2.91. The summed E-state index contributed by atoms with van der Waals surface area (Å²) in [6.45, 7) is 6.31. The van der Waals surface area contributed by atoms with E-state index in [-0.39, 0.29) is 24.3 Å². The molecule has 33 heavy (non-hydrogen) atoms. The number of aryl methyl sites for hydroxylation is 2. The molecule has 2 aromatic carbocycles. The van der Waals surface area contributed by atoms with Crippen LogP contribution < -0.4 is 10.2 Å². The third-order valence-electron chi connectivity index (χ3n) is 5.70. The Kier molecular flexibility index (Phi) is 6.67. The van der Waals surface area contributed by atoms with Gasteiger partial charge in [-0.05, 0) is 43.5 Å². The summed E-state index contributed by atoms with van der Waals surface area (Å²) < 4.78 is 0.465. The van der Waals surface area contributed by atoms with E-state index < -0.39 is 0 Å². The Bertz CT molecular complexity index is 1210. The molecule has 1 fully saturated rings. The van der Waals surface area contributed by atoms with Crippen LogP contribution in [0.3, 0.4) is 0 Å². The molecular formula is C25H25N3O3S2. The topological polar surface area (TPSA) is 69.7 Å². The highest BCUT2D eigenvalue weighted by atomic mass is 32.2. The molecule has 0 unspecified atom stereocenters. The van der Waals surface area contributed by atoms with E-state index in [1.807, 2.05) is 57.2 Å². The molecule has 0 atom stereocenters. The molecule has 0 aromatic heterocycles. The molecule has 0 saturated carbocycles. The van der Waals surface area contributed by atoms with Crippen LogP contribution in [0.1, 0.15) is 36.5 Å². The minimum absolute atomic E-state index is 0.150. The van der Waals surface area contributed by atoms with Gasteiger partial charge < -0.3 is 5.32 Å². The van der Waals surface area contributed by atoms with Gasteiger partial charge in [-0.3, -0.25) is 24.2 Å². The molecule has 0 aliphatic carbocycles. The van der Waals surface area contributed by atoms with Crippen molar-refractivity contribution in [1.29, 1.82) is 0 Å². The van der Waals surface area contributed by atoms with Crippen molar-refractivity contribution in [3.63, 3.8) is 0 Å². The second-order valence-corrected chi connectivity index (χ2v) is 9.80. The highest BCUT2D eigenvalue weighted by Gasteiger charge is 2.42. The van der Waals surface area contributed by atoms with Crippen molar-refractivity contribution in [2.45, 2.75) is 33.6 Å². The van der Waals surface area contributed by atoms with Gasteiger partial charge in [0, 0.05) is 17.8 Å². The predicted octanol–water partition coefficient (Wildman–Crippen LogP) is 4.66. The van der Waals surface area contributed by atoms with Gasteiger partial charge in [0.2, 0.25) is 5.91 Å². The highest BCUT2D eigenvalue weighted by molar-refractivity contribution is 8.26. The van der Waals surface area contributed by atoms with E-state index in [1.165, 1.54) is 4.90 Å². The van der Waals surface area contributed by atoms with Gasteiger partial charge in [0.15, 0.2) is 0 Å². The van der Waals surface area contributed by atoms with E-state index in [1.54, 1.807) is 11.0 Å². The summed E-state index contributed by atoms with van der Waals surface area (Å²) >= 11 is 6.58. The first-order chi connectivity index (χ1) is 15.8. The van der Waals surface area contributed by atoms with Crippen LogP contribution in [0.2, 0.25) is 0 Å². The van der Waals surface area contributed by atoms with E-state index in [4.69, 9.17) is 12.2 Å². The van der Waals surface area contributed by atoms with Crippen LogP contribution in [0.4, 0.5) is 11.4 Å². The average Bonchev–Trinajstić information content (AvgIpc) is 3.21. The Morgan fingerprint density at radius 3 is 2.58 bits per heavy atom. The minimum Gasteiger partial charge on any atom is -0.324 e. The number of amides is 3. The lowest BCUT2D eigenvalue weighted by atomic mass is 10.1. The van der Waals surface area contributed by atoms with Gasteiger partial charge in [-0.15, -0.1) is 0 Å². The zero-order valence-electron chi connectivity index (χ0n) is 18.8. The van der Waals surface area contributed by atoms with Crippen LogP contribution in [-0.2, 0) is 14.4 Å². The van der Waals surface area contributed by atoms with Crippen LogP contribution in [0, 0.1) is 13.8 Å². The summed E-state index contributed by atoms with van der Waals surface area (Å²) in [5.74, 6) is -0.898. The molecule has 2 aliphatic heterocycles. The standard InChI is InChI=1S/C25H25N3O3S2/c1-4-5-12-27-24(31)22(33-25(27)32)21-17-8-6-7-9-19(17)28(23(21)30)14-20(29)26-18-13-15(2)10-11-16(18)3/h6-11,13H,4-5,12,14H2,1-3H3,(H,26,29). The molecule has 4 rings (SSSR count). The first kappa shape index (κ1) is 23.2. The summed E-state index contributed by atoms with van der Waals surface area (Å²) in [4.78, 5) is 42.8. The molecule has 6 nitrogen and oxygen atoms in total. The number of nitrogens with one attached hydrogen (secondary N) is 1. The van der Waals surface area contributed by atoms with Gasteiger partial charge in [-0.2, -0.15) is 0 Å². The van der Waals surface area contributed by atoms with E-state index in [0.29, 0.717) is 32.6 Å². The number of benzene rings is 2. The molecule has 0 radical (unpaired) electrons. The summed E-state index contributed by atoms with van der Waals surface area (Å²) in [5.41, 5.74) is 4.29. The molecular weight excluding hydrogens is 454 g/mol. The van der Waals surface area contributed by atoms with Gasteiger partial charge in [0.1, 0.15) is 10.9 Å². The number of carbonyl (C=O) groups excluding carboxylic acids is 3. The fourth-order valence-electron chi connectivity index (χ4n) is 3.92. The van der Waals surface area contributed by atoms with E-state index in [2.05, 4.69) is 5.32 Å². The maximum atomic E-state index is 13.5. The van der Waals surface area contributed by atoms with Crippen LogP contribution in [0.5, 0.6) is 0 Å². The zero-order valence-corrected chi connectivity index (χ0v) is 20.4. The fraction of sp³-hybridized carbons (Fsp3) is 0.280. The van der Waals surface area contributed by atoms with E-state index in [9.17, 15) is 14.4 Å². The molecule has 2 aliphatic rings. The van der Waals surface area contributed by atoms with E-state index >= 15 is 0 Å². The molecule has 2 heterocycles. The van der Waals surface area contributed by atoms with Crippen LogP contribution in [-0.4, -0.2) is 40.0 Å². The predicted molar refractivity (Wildman–Crippen MR) is 137 cm³/mol. The van der Waals surface area contributed by atoms with Gasteiger partial charge in [-0.1, -0.05) is 67.7 Å². The minimum atomic E-state index is -0.358. The van der Waals surface area contributed by atoms with Gasteiger partial charge >= 0.3 is 0 Å². The summed E-state index contributed by atoms with van der Waals surface area (Å²) in [7, 11) is 0. The van der Waals surface area contributed by atoms with Gasteiger partial charge in [0.25, 0.3) is 11.8 Å². The monoisotopic (exact) mass is 479 g/mol. The molecule has 0 spiro atoms. The van der Waals surface area contributed by atoms with Crippen molar-refractivity contribution in [2.24, 2.45) is 0 Å². The number of anilines is 2. The maximum absolute atomic E-state index is 13.5. The second-order valence-electron chi connectivity index (χ2n) is 8.16. The molecule has 0 bridgehead atoms. The third-order valence-corrected chi connectivity index (χ3v) is 7.15. The van der Waals surface area contributed by atoms with Crippen molar-refractivity contribution in [3.05, 3.63) is 64.1 Å². The zero-order chi connectivity index (χ0) is 23.7. The number of nitrogens with zero attached hydrogens (tertiary/aromatic N) is 2. The van der Waals surface area contributed by atoms with E-state index in [0.717, 1.165) is 41.4 Å². The van der Waals surface area contributed by atoms with Crippen molar-refractivity contribution < 1.29 is 14.4 Å². The van der Waals surface area contributed by atoms with Crippen LogP contribution in [0.15, 0.2) is 47.4 Å². The van der Waals surface area contributed by atoms with Gasteiger partial charge in [0.05, 0.1) is 16.2 Å². The number of fused-ring (bicyclic) bond motifs is 1. The number of carbonyl (C=O) groups is 3. The van der Waals surface area contributed by atoms with Gasteiger partial charge in [-0.25, -0.2) is 0 Å².